The molecule has 0 bridgehead atoms. The average Bonchev–Trinajstić information content (AvgIpc) is 2.56. The van der Waals surface area contributed by atoms with Gasteiger partial charge in [0.2, 0.25) is 5.91 Å². The van der Waals surface area contributed by atoms with Crippen LogP contribution in [0.2, 0.25) is 0 Å². The van der Waals surface area contributed by atoms with E-state index in [-0.39, 0.29) is 30.9 Å². The molecular weight excluding hydrogens is 309 g/mol. The number of rotatable bonds is 5. The number of carbonyl (C=O) groups is 2. The first-order chi connectivity index (χ1) is 11.5. The van der Waals surface area contributed by atoms with E-state index in [1.807, 2.05) is 0 Å². The van der Waals surface area contributed by atoms with Crippen molar-refractivity contribution in [3.8, 4) is 0 Å². The molecule has 1 saturated carbocycles. The van der Waals surface area contributed by atoms with Crippen molar-refractivity contribution in [3.05, 3.63) is 35.6 Å². The molecule has 0 radical (unpaired) electrons. The van der Waals surface area contributed by atoms with E-state index in [0.29, 0.717) is 11.8 Å². The highest BCUT2D eigenvalue weighted by molar-refractivity contribution is 5.84. The monoisotopic (exact) mass is 335 g/mol. The number of amides is 3. The van der Waals surface area contributed by atoms with Crippen LogP contribution in [-0.2, 0) is 11.3 Å². The molecule has 6 heteroatoms. The summed E-state index contributed by atoms with van der Waals surface area (Å²) >= 11 is 0. The minimum atomic E-state index is -0.417. The second kappa shape index (κ2) is 8.66. The molecule has 24 heavy (non-hydrogen) atoms. The maximum Gasteiger partial charge on any atom is 0.315 e. The summed E-state index contributed by atoms with van der Waals surface area (Å²) in [5.74, 6) is 0.579. The molecule has 0 spiro atoms. The number of urea groups is 1. The third-order valence-electron chi connectivity index (χ3n) is 4.83. The van der Waals surface area contributed by atoms with Gasteiger partial charge in [0.1, 0.15) is 5.82 Å². The smallest absolute Gasteiger partial charge is 0.315 e. The van der Waals surface area contributed by atoms with Gasteiger partial charge in [-0.3, -0.25) is 4.79 Å². The Morgan fingerprint density at radius 2 is 1.83 bits per heavy atom. The van der Waals surface area contributed by atoms with Crippen LogP contribution in [0.4, 0.5) is 9.18 Å². The lowest BCUT2D eigenvalue weighted by molar-refractivity contribution is -0.121. The minimum absolute atomic E-state index is 0.0488. The lowest BCUT2D eigenvalue weighted by Crippen LogP contribution is -2.48. The fourth-order valence-electron chi connectivity index (χ4n) is 3.05. The number of hydrogen-bond acceptors (Lipinski definition) is 2. The SMILES string of the molecule is C[C@@H]1[C@H](C)CCC[C@H]1NC(=O)CNC(=O)NCc1ccc(F)cc1. The van der Waals surface area contributed by atoms with Crippen molar-refractivity contribution in [1.82, 2.24) is 16.0 Å². The Morgan fingerprint density at radius 1 is 1.12 bits per heavy atom. The molecule has 3 N–H and O–H groups in total. The van der Waals surface area contributed by atoms with E-state index in [4.69, 9.17) is 0 Å². The first-order valence-corrected chi connectivity index (χ1v) is 8.51. The van der Waals surface area contributed by atoms with Gasteiger partial charge in [-0.05, 0) is 36.0 Å². The van der Waals surface area contributed by atoms with E-state index < -0.39 is 6.03 Å². The number of nitrogens with one attached hydrogen (secondary N) is 3. The topological polar surface area (TPSA) is 70.2 Å². The van der Waals surface area contributed by atoms with Crippen LogP contribution in [0.3, 0.4) is 0 Å². The third-order valence-corrected chi connectivity index (χ3v) is 4.83. The molecule has 0 aliphatic heterocycles. The molecule has 5 nitrogen and oxygen atoms in total. The van der Waals surface area contributed by atoms with Gasteiger partial charge in [0, 0.05) is 12.6 Å². The van der Waals surface area contributed by atoms with E-state index in [0.717, 1.165) is 18.4 Å². The number of halogens is 1. The maximum atomic E-state index is 12.8. The Kier molecular flexibility index (Phi) is 6.58. The zero-order chi connectivity index (χ0) is 17.5. The summed E-state index contributed by atoms with van der Waals surface area (Å²) in [4.78, 5) is 23.7. The lowest BCUT2D eigenvalue weighted by Gasteiger charge is -2.34. The molecule has 1 aliphatic rings. The fraction of sp³-hybridized carbons (Fsp3) is 0.556. The molecule has 2 rings (SSSR count). The van der Waals surface area contributed by atoms with Crippen molar-refractivity contribution in [2.75, 3.05) is 6.54 Å². The van der Waals surface area contributed by atoms with Crippen molar-refractivity contribution >= 4 is 11.9 Å². The molecule has 1 fully saturated rings. The molecular formula is C18H26FN3O2. The molecule has 3 amide bonds. The summed E-state index contributed by atoms with van der Waals surface area (Å²) in [7, 11) is 0. The van der Waals surface area contributed by atoms with Crippen molar-refractivity contribution in [3.63, 3.8) is 0 Å². The van der Waals surface area contributed by atoms with Crippen molar-refractivity contribution < 1.29 is 14.0 Å². The number of carbonyl (C=O) groups excluding carboxylic acids is 2. The normalized spacial score (nSPS) is 23.4. The Labute approximate surface area is 142 Å². The van der Waals surface area contributed by atoms with Crippen molar-refractivity contribution in [1.29, 1.82) is 0 Å². The zero-order valence-corrected chi connectivity index (χ0v) is 14.3. The highest BCUT2D eigenvalue weighted by atomic mass is 19.1. The molecule has 3 atom stereocenters. The predicted octanol–water partition coefficient (Wildman–Crippen LogP) is 2.57. The van der Waals surface area contributed by atoms with Crippen LogP contribution in [0.1, 0.15) is 38.7 Å². The van der Waals surface area contributed by atoms with E-state index in [1.54, 1.807) is 12.1 Å². The van der Waals surface area contributed by atoms with Crippen LogP contribution >= 0.6 is 0 Å². The standard InChI is InChI=1S/C18H26FN3O2/c1-12-4-3-5-16(13(12)2)22-17(23)11-21-18(24)20-10-14-6-8-15(19)9-7-14/h6-9,12-13,16H,3-5,10-11H2,1-2H3,(H,22,23)(H2,20,21,24)/t12-,13-,16-/m1/s1. The number of benzene rings is 1. The molecule has 1 aromatic rings. The fourth-order valence-corrected chi connectivity index (χ4v) is 3.05. The molecule has 132 valence electrons. The van der Waals surface area contributed by atoms with Gasteiger partial charge in [-0.15, -0.1) is 0 Å². The first kappa shape index (κ1) is 18.2. The summed E-state index contributed by atoms with van der Waals surface area (Å²) in [6.45, 7) is 4.61. The van der Waals surface area contributed by atoms with E-state index in [2.05, 4.69) is 29.8 Å². The molecule has 0 saturated heterocycles. The van der Waals surface area contributed by atoms with Crippen LogP contribution in [0, 0.1) is 17.7 Å². The van der Waals surface area contributed by atoms with Gasteiger partial charge in [0.05, 0.1) is 6.54 Å². The van der Waals surface area contributed by atoms with E-state index in [9.17, 15) is 14.0 Å². The van der Waals surface area contributed by atoms with Crippen LogP contribution in [0.25, 0.3) is 0 Å². The third kappa shape index (κ3) is 5.51. The van der Waals surface area contributed by atoms with Crippen LogP contribution in [0.15, 0.2) is 24.3 Å². The highest BCUT2D eigenvalue weighted by Gasteiger charge is 2.27. The maximum absolute atomic E-state index is 12.8. The molecule has 1 aromatic carbocycles. The van der Waals surface area contributed by atoms with Gasteiger partial charge in [-0.1, -0.05) is 38.8 Å². The Morgan fingerprint density at radius 3 is 2.54 bits per heavy atom. The molecule has 0 aromatic heterocycles. The summed E-state index contributed by atoms with van der Waals surface area (Å²) in [6, 6.07) is 5.66. The van der Waals surface area contributed by atoms with Gasteiger partial charge in [0.15, 0.2) is 0 Å². The van der Waals surface area contributed by atoms with Gasteiger partial charge >= 0.3 is 6.03 Å². The Bertz CT molecular complexity index is 562. The first-order valence-electron chi connectivity index (χ1n) is 8.51. The zero-order valence-electron chi connectivity index (χ0n) is 14.3. The van der Waals surface area contributed by atoms with E-state index >= 15 is 0 Å². The second-order valence-electron chi connectivity index (χ2n) is 6.60. The van der Waals surface area contributed by atoms with Gasteiger partial charge < -0.3 is 16.0 Å². The summed E-state index contributed by atoms with van der Waals surface area (Å²) in [6.07, 6.45) is 3.33. The number of hydrogen-bond donors (Lipinski definition) is 3. The van der Waals surface area contributed by atoms with Crippen LogP contribution in [0.5, 0.6) is 0 Å². The lowest BCUT2D eigenvalue weighted by atomic mass is 9.78. The largest absolute Gasteiger partial charge is 0.352 e. The molecule has 1 aliphatic carbocycles. The summed E-state index contributed by atoms with van der Waals surface area (Å²) < 4.78 is 12.8. The summed E-state index contributed by atoms with van der Waals surface area (Å²) in [5.41, 5.74) is 0.793. The minimum Gasteiger partial charge on any atom is -0.352 e. The van der Waals surface area contributed by atoms with Crippen LogP contribution < -0.4 is 16.0 Å². The quantitative estimate of drug-likeness (QED) is 0.774. The Hall–Kier alpha value is -2.11. The van der Waals surface area contributed by atoms with Crippen molar-refractivity contribution in [2.24, 2.45) is 11.8 Å². The van der Waals surface area contributed by atoms with Crippen LogP contribution in [-0.4, -0.2) is 24.5 Å². The van der Waals surface area contributed by atoms with Gasteiger partial charge in [0.25, 0.3) is 0 Å². The van der Waals surface area contributed by atoms with Gasteiger partial charge in [-0.2, -0.15) is 0 Å². The predicted molar refractivity (Wildman–Crippen MR) is 90.7 cm³/mol. The Balaban J connectivity index is 1.67. The summed E-state index contributed by atoms with van der Waals surface area (Å²) in [5, 5.41) is 8.20. The average molecular weight is 335 g/mol. The highest BCUT2D eigenvalue weighted by Crippen LogP contribution is 2.29. The van der Waals surface area contributed by atoms with Gasteiger partial charge in [-0.25, -0.2) is 9.18 Å². The van der Waals surface area contributed by atoms with E-state index in [1.165, 1.54) is 18.6 Å². The second-order valence-corrected chi connectivity index (χ2v) is 6.60. The molecule has 0 heterocycles. The van der Waals surface area contributed by atoms with Crippen molar-refractivity contribution in [2.45, 2.75) is 45.7 Å². The molecule has 0 unspecified atom stereocenters.